The van der Waals surface area contributed by atoms with Crippen molar-refractivity contribution in [3.8, 4) is 28.8 Å². The maximum absolute atomic E-state index is 9.64. The smallest absolute Gasteiger partial charge is 0.161 e. The van der Waals surface area contributed by atoms with Gasteiger partial charge >= 0.3 is 0 Å². The van der Waals surface area contributed by atoms with E-state index in [4.69, 9.17) is 9.47 Å². The molecule has 0 amide bonds. The minimum atomic E-state index is 0.522. The minimum Gasteiger partial charge on any atom is -0.493 e. The molecule has 0 spiro atoms. The standard InChI is InChI=1S/C23H22N2O2S/c1-3-4-12-27-21-11-10-17(14-22(21)26-2)13-19(15-24)23-25-20(16-28-23)18-8-6-5-7-9-18/h5-11,13-14,16H,3-4,12H2,1-2H3. The molecule has 3 aromatic rings. The molecule has 0 aliphatic heterocycles. The maximum atomic E-state index is 9.64. The molecule has 0 aliphatic rings. The van der Waals surface area contributed by atoms with Crippen molar-refractivity contribution in [2.75, 3.05) is 13.7 Å². The van der Waals surface area contributed by atoms with Crippen LogP contribution >= 0.6 is 11.3 Å². The van der Waals surface area contributed by atoms with E-state index in [2.05, 4.69) is 18.0 Å². The summed E-state index contributed by atoms with van der Waals surface area (Å²) in [5, 5.41) is 12.3. The molecule has 0 unspecified atom stereocenters. The van der Waals surface area contributed by atoms with E-state index in [9.17, 15) is 5.26 Å². The molecule has 4 nitrogen and oxygen atoms in total. The number of hydrogen-bond acceptors (Lipinski definition) is 5. The normalized spacial score (nSPS) is 11.1. The van der Waals surface area contributed by atoms with Gasteiger partial charge in [0, 0.05) is 10.9 Å². The van der Waals surface area contributed by atoms with Crippen molar-refractivity contribution in [2.24, 2.45) is 0 Å². The van der Waals surface area contributed by atoms with Crippen molar-refractivity contribution in [1.29, 1.82) is 5.26 Å². The van der Waals surface area contributed by atoms with E-state index in [0.29, 0.717) is 28.7 Å². The Morgan fingerprint density at radius 3 is 2.71 bits per heavy atom. The molecule has 0 saturated carbocycles. The second-order valence-electron chi connectivity index (χ2n) is 6.19. The zero-order chi connectivity index (χ0) is 19.8. The first kappa shape index (κ1) is 19.7. The van der Waals surface area contributed by atoms with E-state index in [-0.39, 0.29) is 0 Å². The van der Waals surface area contributed by atoms with E-state index in [1.807, 2.05) is 60.0 Å². The largest absolute Gasteiger partial charge is 0.493 e. The van der Waals surface area contributed by atoms with Crippen LogP contribution in [0.15, 0.2) is 53.9 Å². The van der Waals surface area contributed by atoms with Gasteiger partial charge in [-0.3, -0.25) is 0 Å². The van der Waals surface area contributed by atoms with E-state index < -0.39 is 0 Å². The van der Waals surface area contributed by atoms with Crippen molar-refractivity contribution >= 4 is 23.0 Å². The summed E-state index contributed by atoms with van der Waals surface area (Å²) in [6.07, 6.45) is 3.90. The minimum absolute atomic E-state index is 0.522. The lowest BCUT2D eigenvalue weighted by atomic mass is 10.1. The topological polar surface area (TPSA) is 55.1 Å². The van der Waals surface area contributed by atoms with Gasteiger partial charge in [0.05, 0.1) is 25.0 Å². The summed E-state index contributed by atoms with van der Waals surface area (Å²) in [5.41, 5.74) is 3.30. The SMILES string of the molecule is CCCCOc1ccc(C=C(C#N)c2nc(-c3ccccc3)cs2)cc1OC. The predicted molar refractivity (Wildman–Crippen MR) is 114 cm³/mol. The van der Waals surface area contributed by atoms with Crippen LogP contribution in [0.4, 0.5) is 0 Å². The average Bonchev–Trinajstić information content (AvgIpc) is 3.23. The van der Waals surface area contributed by atoms with Crippen molar-refractivity contribution in [3.63, 3.8) is 0 Å². The fourth-order valence-corrected chi connectivity index (χ4v) is 3.46. The van der Waals surface area contributed by atoms with Gasteiger partial charge in [-0.05, 0) is 30.2 Å². The highest BCUT2D eigenvalue weighted by Gasteiger charge is 2.10. The van der Waals surface area contributed by atoms with E-state index >= 15 is 0 Å². The number of unbranched alkanes of at least 4 members (excludes halogenated alkanes) is 1. The highest BCUT2D eigenvalue weighted by molar-refractivity contribution is 7.11. The summed E-state index contributed by atoms with van der Waals surface area (Å²) in [7, 11) is 1.62. The van der Waals surface area contributed by atoms with Crippen LogP contribution in [0.5, 0.6) is 11.5 Å². The van der Waals surface area contributed by atoms with Crippen LogP contribution in [0.3, 0.4) is 0 Å². The van der Waals surface area contributed by atoms with Gasteiger partial charge in [-0.15, -0.1) is 11.3 Å². The maximum Gasteiger partial charge on any atom is 0.161 e. The Balaban J connectivity index is 1.85. The number of benzene rings is 2. The molecule has 3 rings (SSSR count). The Morgan fingerprint density at radius 2 is 2.00 bits per heavy atom. The van der Waals surface area contributed by atoms with Crippen molar-refractivity contribution in [2.45, 2.75) is 19.8 Å². The van der Waals surface area contributed by atoms with Gasteiger partial charge in [0.1, 0.15) is 11.1 Å². The van der Waals surface area contributed by atoms with E-state index in [1.165, 1.54) is 11.3 Å². The Bertz CT molecular complexity index is 987. The molecule has 2 aromatic carbocycles. The molecule has 0 bridgehead atoms. The zero-order valence-electron chi connectivity index (χ0n) is 16.0. The molecule has 1 heterocycles. The summed E-state index contributed by atoms with van der Waals surface area (Å²) in [5.74, 6) is 1.37. The van der Waals surface area contributed by atoms with Gasteiger partial charge in [-0.1, -0.05) is 49.7 Å². The first-order valence-corrected chi connectivity index (χ1v) is 10.1. The Hall–Kier alpha value is -3.10. The molecular formula is C23H22N2O2S. The number of nitriles is 1. The highest BCUT2D eigenvalue weighted by Crippen LogP contribution is 2.31. The van der Waals surface area contributed by atoms with Crippen molar-refractivity contribution in [1.82, 2.24) is 4.98 Å². The number of rotatable bonds is 8. The molecule has 0 saturated heterocycles. The van der Waals surface area contributed by atoms with Gasteiger partial charge < -0.3 is 9.47 Å². The van der Waals surface area contributed by atoms with Crippen LogP contribution in [0.1, 0.15) is 30.3 Å². The van der Waals surface area contributed by atoms with Gasteiger partial charge in [-0.25, -0.2) is 4.98 Å². The van der Waals surface area contributed by atoms with Crippen LogP contribution < -0.4 is 9.47 Å². The van der Waals surface area contributed by atoms with Gasteiger partial charge in [-0.2, -0.15) is 5.26 Å². The van der Waals surface area contributed by atoms with E-state index in [0.717, 1.165) is 29.7 Å². The summed E-state index contributed by atoms with van der Waals surface area (Å²) in [4.78, 5) is 4.63. The molecular weight excluding hydrogens is 368 g/mol. The molecule has 0 aliphatic carbocycles. The van der Waals surface area contributed by atoms with Crippen molar-refractivity contribution < 1.29 is 9.47 Å². The summed E-state index contributed by atoms with van der Waals surface area (Å²) >= 11 is 1.47. The number of ether oxygens (including phenoxy) is 2. The Labute approximate surface area is 169 Å². The summed E-state index contributed by atoms with van der Waals surface area (Å²) in [6.45, 7) is 2.78. The number of methoxy groups -OCH3 is 1. The van der Waals surface area contributed by atoms with Crippen LogP contribution in [0.2, 0.25) is 0 Å². The molecule has 0 N–H and O–H groups in total. The zero-order valence-corrected chi connectivity index (χ0v) is 16.8. The van der Waals surface area contributed by atoms with Crippen LogP contribution in [0, 0.1) is 11.3 Å². The van der Waals surface area contributed by atoms with Crippen LogP contribution in [-0.2, 0) is 0 Å². The predicted octanol–water partition coefficient (Wildman–Crippen LogP) is 6.06. The fourth-order valence-electron chi connectivity index (χ4n) is 2.67. The third-order valence-corrected chi connectivity index (χ3v) is 5.05. The first-order chi connectivity index (χ1) is 13.7. The lowest BCUT2D eigenvalue weighted by Crippen LogP contribution is -1.99. The lowest BCUT2D eigenvalue weighted by Gasteiger charge is -2.11. The van der Waals surface area contributed by atoms with Crippen LogP contribution in [0.25, 0.3) is 22.9 Å². The third kappa shape index (κ3) is 4.79. The molecule has 0 radical (unpaired) electrons. The molecule has 28 heavy (non-hydrogen) atoms. The first-order valence-electron chi connectivity index (χ1n) is 9.19. The number of aromatic nitrogens is 1. The average molecular weight is 391 g/mol. The Kier molecular flexibility index (Phi) is 6.83. The van der Waals surface area contributed by atoms with Crippen LogP contribution in [-0.4, -0.2) is 18.7 Å². The molecule has 0 fully saturated rings. The molecule has 0 atom stereocenters. The number of hydrogen-bond donors (Lipinski definition) is 0. The highest BCUT2D eigenvalue weighted by atomic mass is 32.1. The molecule has 142 valence electrons. The van der Waals surface area contributed by atoms with Gasteiger partial charge in [0.25, 0.3) is 0 Å². The second kappa shape index (κ2) is 9.72. The quantitative estimate of drug-likeness (QED) is 0.346. The van der Waals surface area contributed by atoms with Gasteiger partial charge in [0.15, 0.2) is 11.5 Å². The van der Waals surface area contributed by atoms with E-state index in [1.54, 1.807) is 7.11 Å². The molecule has 1 aromatic heterocycles. The number of nitrogens with zero attached hydrogens (tertiary/aromatic N) is 2. The lowest BCUT2D eigenvalue weighted by molar-refractivity contribution is 0.288. The fraction of sp³-hybridized carbons (Fsp3) is 0.217. The third-order valence-electron chi connectivity index (χ3n) is 4.18. The van der Waals surface area contributed by atoms with Gasteiger partial charge in [0.2, 0.25) is 0 Å². The number of thiazole rings is 1. The second-order valence-corrected chi connectivity index (χ2v) is 7.04. The summed E-state index contributed by atoms with van der Waals surface area (Å²) in [6, 6.07) is 17.9. The number of allylic oxidation sites excluding steroid dienone is 1. The Morgan fingerprint density at radius 1 is 1.18 bits per heavy atom. The summed E-state index contributed by atoms with van der Waals surface area (Å²) < 4.78 is 11.2. The van der Waals surface area contributed by atoms with Crippen molar-refractivity contribution in [3.05, 3.63) is 64.5 Å². The molecule has 5 heteroatoms. The monoisotopic (exact) mass is 390 g/mol.